The van der Waals surface area contributed by atoms with Gasteiger partial charge in [0, 0.05) is 37.8 Å². The van der Waals surface area contributed by atoms with Gasteiger partial charge in [-0.2, -0.15) is 11.8 Å². The van der Waals surface area contributed by atoms with Crippen molar-refractivity contribution in [3.05, 3.63) is 18.3 Å². The van der Waals surface area contributed by atoms with Crippen LogP contribution in [-0.4, -0.2) is 36.6 Å². The Morgan fingerprint density at radius 3 is 2.93 bits per heavy atom. The molecule has 0 aliphatic carbocycles. The number of nitrogens with zero attached hydrogens (tertiary/aromatic N) is 2. The first kappa shape index (κ1) is 9.65. The van der Waals surface area contributed by atoms with Gasteiger partial charge in [-0.3, -0.25) is 0 Å². The fourth-order valence-electron chi connectivity index (χ4n) is 1.62. The van der Waals surface area contributed by atoms with Crippen molar-refractivity contribution >= 4 is 23.3 Å². The van der Waals surface area contributed by atoms with Crippen LogP contribution in [0.4, 0.5) is 11.5 Å². The zero-order valence-electron chi connectivity index (χ0n) is 8.36. The Labute approximate surface area is 88.9 Å². The second-order valence-corrected chi connectivity index (χ2v) is 4.45. The minimum Gasteiger partial charge on any atom is -0.385 e. The topological polar surface area (TPSA) is 28.2 Å². The predicted molar refractivity (Wildman–Crippen MR) is 63.3 cm³/mol. The molecular formula is C10H15N3S. The van der Waals surface area contributed by atoms with Gasteiger partial charge in [0.1, 0.15) is 0 Å². The standard InChI is InChI=1S/C10H15N3S/c1-11-9-3-2-4-12-10(9)13-5-7-14-8-6-13/h2-4,11H,5-8H2,1H3. The minimum absolute atomic E-state index is 1.09. The number of nitrogens with one attached hydrogen (secondary N) is 1. The maximum Gasteiger partial charge on any atom is 0.152 e. The molecule has 1 aliphatic rings. The Morgan fingerprint density at radius 1 is 1.43 bits per heavy atom. The summed E-state index contributed by atoms with van der Waals surface area (Å²) < 4.78 is 0. The fourth-order valence-corrected chi connectivity index (χ4v) is 2.52. The van der Waals surface area contributed by atoms with Gasteiger partial charge in [-0.1, -0.05) is 0 Å². The molecule has 3 nitrogen and oxygen atoms in total. The van der Waals surface area contributed by atoms with E-state index in [0.717, 1.165) is 24.6 Å². The van der Waals surface area contributed by atoms with Crippen molar-refractivity contribution in [3.63, 3.8) is 0 Å². The van der Waals surface area contributed by atoms with Crippen LogP contribution in [0.3, 0.4) is 0 Å². The summed E-state index contributed by atoms with van der Waals surface area (Å²) in [5, 5.41) is 3.18. The van der Waals surface area contributed by atoms with Gasteiger partial charge in [0.05, 0.1) is 5.69 Å². The summed E-state index contributed by atoms with van der Waals surface area (Å²) in [5.74, 6) is 3.51. The van der Waals surface area contributed by atoms with Crippen molar-refractivity contribution in [3.8, 4) is 0 Å². The average Bonchev–Trinajstić information content (AvgIpc) is 2.30. The highest BCUT2D eigenvalue weighted by Crippen LogP contribution is 2.24. The number of hydrogen-bond donors (Lipinski definition) is 1. The first-order valence-corrected chi connectivity index (χ1v) is 6.03. The zero-order valence-corrected chi connectivity index (χ0v) is 9.18. The molecule has 0 atom stereocenters. The van der Waals surface area contributed by atoms with Crippen LogP contribution < -0.4 is 10.2 Å². The van der Waals surface area contributed by atoms with E-state index in [0.29, 0.717) is 0 Å². The molecule has 0 unspecified atom stereocenters. The summed E-state index contributed by atoms with van der Waals surface area (Å²) in [6.45, 7) is 2.22. The molecule has 0 bridgehead atoms. The Bertz CT molecular complexity index is 297. The minimum atomic E-state index is 1.09. The molecule has 1 fully saturated rings. The van der Waals surface area contributed by atoms with Crippen LogP contribution in [0.2, 0.25) is 0 Å². The van der Waals surface area contributed by atoms with Gasteiger partial charge in [-0.15, -0.1) is 0 Å². The van der Waals surface area contributed by atoms with Crippen molar-refractivity contribution in [1.29, 1.82) is 0 Å². The van der Waals surface area contributed by atoms with Gasteiger partial charge in [0.25, 0.3) is 0 Å². The van der Waals surface area contributed by atoms with Crippen LogP contribution in [0.25, 0.3) is 0 Å². The van der Waals surface area contributed by atoms with Gasteiger partial charge in [-0.05, 0) is 12.1 Å². The second kappa shape index (κ2) is 4.55. The summed E-state index contributed by atoms with van der Waals surface area (Å²) in [4.78, 5) is 6.78. The highest BCUT2D eigenvalue weighted by molar-refractivity contribution is 7.99. The van der Waals surface area contributed by atoms with E-state index in [2.05, 4.69) is 21.3 Å². The smallest absolute Gasteiger partial charge is 0.152 e. The highest BCUT2D eigenvalue weighted by Gasteiger charge is 2.14. The molecular weight excluding hydrogens is 194 g/mol. The first-order valence-electron chi connectivity index (χ1n) is 4.87. The van der Waals surface area contributed by atoms with Crippen LogP contribution in [0.15, 0.2) is 18.3 Å². The summed E-state index contributed by atoms with van der Waals surface area (Å²) in [6.07, 6.45) is 1.86. The summed E-state index contributed by atoms with van der Waals surface area (Å²) in [6, 6.07) is 4.04. The molecule has 2 rings (SSSR count). The molecule has 2 heterocycles. The molecule has 1 aliphatic heterocycles. The molecule has 1 saturated heterocycles. The lowest BCUT2D eigenvalue weighted by atomic mass is 10.3. The number of aromatic nitrogens is 1. The normalized spacial score (nSPS) is 16.8. The van der Waals surface area contributed by atoms with Crippen molar-refractivity contribution in [2.24, 2.45) is 0 Å². The van der Waals surface area contributed by atoms with E-state index in [1.807, 2.05) is 31.1 Å². The molecule has 1 aromatic rings. The first-order chi connectivity index (χ1) is 6.92. The number of pyridine rings is 1. The Balaban J connectivity index is 2.20. The van der Waals surface area contributed by atoms with Gasteiger partial charge in [0.2, 0.25) is 0 Å². The molecule has 0 amide bonds. The predicted octanol–water partition coefficient (Wildman–Crippen LogP) is 1.68. The molecule has 0 spiro atoms. The van der Waals surface area contributed by atoms with E-state index >= 15 is 0 Å². The van der Waals surface area contributed by atoms with E-state index in [4.69, 9.17) is 0 Å². The highest BCUT2D eigenvalue weighted by atomic mass is 32.2. The molecule has 0 saturated carbocycles. The average molecular weight is 209 g/mol. The summed E-state index contributed by atoms with van der Waals surface area (Å²) in [5.41, 5.74) is 1.12. The van der Waals surface area contributed by atoms with E-state index in [1.54, 1.807) is 0 Å². The van der Waals surface area contributed by atoms with E-state index in [-0.39, 0.29) is 0 Å². The van der Waals surface area contributed by atoms with E-state index in [1.165, 1.54) is 11.5 Å². The number of hydrogen-bond acceptors (Lipinski definition) is 4. The van der Waals surface area contributed by atoms with E-state index < -0.39 is 0 Å². The van der Waals surface area contributed by atoms with Gasteiger partial charge in [-0.25, -0.2) is 4.98 Å². The summed E-state index contributed by atoms with van der Waals surface area (Å²) >= 11 is 2.02. The molecule has 0 aromatic carbocycles. The van der Waals surface area contributed by atoms with Crippen LogP contribution in [0.5, 0.6) is 0 Å². The van der Waals surface area contributed by atoms with E-state index in [9.17, 15) is 0 Å². The molecule has 0 radical (unpaired) electrons. The quantitative estimate of drug-likeness (QED) is 0.802. The molecule has 4 heteroatoms. The Kier molecular flexibility index (Phi) is 3.14. The van der Waals surface area contributed by atoms with Crippen molar-refractivity contribution in [2.45, 2.75) is 0 Å². The number of rotatable bonds is 2. The van der Waals surface area contributed by atoms with Crippen LogP contribution in [-0.2, 0) is 0 Å². The maximum atomic E-state index is 4.43. The van der Waals surface area contributed by atoms with Gasteiger partial charge < -0.3 is 10.2 Å². The largest absolute Gasteiger partial charge is 0.385 e. The third-order valence-corrected chi connectivity index (χ3v) is 3.31. The molecule has 1 N–H and O–H groups in total. The van der Waals surface area contributed by atoms with Crippen molar-refractivity contribution < 1.29 is 0 Å². The molecule has 1 aromatic heterocycles. The number of anilines is 2. The molecule has 14 heavy (non-hydrogen) atoms. The fraction of sp³-hybridized carbons (Fsp3) is 0.500. The SMILES string of the molecule is CNc1cccnc1N1CCSCC1. The lowest BCUT2D eigenvalue weighted by Crippen LogP contribution is -2.33. The Morgan fingerprint density at radius 2 is 2.21 bits per heavy atom. The van der Waals surface area contributed by atoms with Crippen molar-refractivity contribution in [2.75, 3.05) is 41.9 Å². The lowest BCUT2D eigenvalue weighted by molar-refractivity contribution is 0.840. The van der Waals surface area contributed by atoms with Crippen LogP contribution in [0, 0.1) is 0 Å². The lowest BCUT2D eigenvalue weighted by Gasteiger charge is -2.28. The third-order valence-electron chi connectivity index (χ3n) is 2.37. The molecule has 76 valence electrons. The van der Waals surface area contributed by atoms with Crippen LogP contribution >= 0.6 is 11.8 Å². The maximum absolute atomic E-state index is 4.43. The van der Waals surface area contributed by atoms with Gasteiger partial charge >= 0.3 is 0 Å². The summed E-state index contributed by atoms with van der Waals surface area (Å²) in [7, 11) is 1.94. The van der Waals surface area contributed by atoms with Crippen LogP contribution in [0.1, 0.15) is 0 Å². The second-order valence-electron chi connectivity index (χ2n) is 3.22. The zero-order chi connectivity index (χ0) is 9.80. The van der Waals surface area contributed by atoms with Gasteiger partial charge in [0.15, 0.2) is 5.82 Å². The van der Waals surface area contributed by atoms with Crippen molar-refractivity contribution in [1.82, 2.24) is 4.98 Å². The number of thioether (sulfide) groups is 1. The third kappa shape index (κ3) is 1.95. The monoisotopic (exact) mass is 209 g/mol. The Hall–Kier alpha value is -0.900.